The van der Waals surface area contributed by atoms with Gasteiger partial charge in [0.15, 0.2) is 0 Å². The molecule has 0 saturated heterocycles. The van der Waals surface area contributed by atoms with E-state index in [0.29, 0.717) is 0 Å². The van der Waals surface area contributed by atoms with Crippen molar-refractivity contribution in [3.8, 4) is 27.9 Å². The SMILES string of the molecule is c1ccc(-c2ccccc2N(c2cccc(-c3ccccc3-n3c4ccccc4c4ccccc43)c2)c2cccc3c2sc2ccccc23)cc1. The van der Waals surface area contributed by atoms with Gasteiger partial charge >= 0.3 is 0 Å². The molecule has 0 amide bonds. The average Bonchev–Trinajstić information content (AvgIpc) is 3.75. The quantitative estimate of drug-likeness (QED) is 0.171. The third kappa shape index (κ3) is 4.85. The largest absolute Gasteiger partial charge is 0.309 e. The fourth-order valence-corrected chi connectivity index (χ4v) is 8.96. The second-order valence-electron chi connectivity index (χ2n) is 12.9. The number of benzene rings is 8. The second-order valence-corrected chi connectivity index (χ2v) is 14.0. The van der Waals surface area contributed by atoms with Crippen LogP contribution in [0.2, 0.25) is 0 Å². The van der Waals surface area contributed by atoms with E-state index in [0.717, 1.165) is 22.6 Å². The molecule has 0 atom stereocenters. The van der Waals surface area contributed by atoms with Gasteiger partial charge in [0.1, 0.15) is 0 Å². The number of anilines is 3. The normalized spacial score (nSPS) is 11.5. The number of rotatable bonds is 6. The molecule has 0 aliphatic heterocycles. The molecule has 2 aromatic heterocycles. The zero-order chi connectivity index (χ0) is 33.7. The summed E-state index contributed by atoms with van der Waals surface area (Å²) in [7, 11) is 0. The van der Waals surface area contributed by atoms with Crippen molar-refractivity contribution in [2.24, 2.45) is 0 Å². The van der Waals surface area contributed by atoms with Gasteiger partial charge in [-0.25, -0.2) is 0 Å². The Morgan fingerprint density at radius 2 is 0.961 bits per heavy atom. The van der Waals surface area contributed by atoms with Gasteiger partial charge in [-0.05, 0) is 59.7 Å². The van der Waals surface area contributed by atoms with Crippen LogP contribution in [-0.4, -0.2) is 4.57 Å². The molecule has 0 aliphatic carbocycles. The minimum atomic E-state index is 1.11. The molecule has 51 heavy (non-hydrogen) atoms. The van der Waals surface area contributed by atoms with Gasteiger partial charge in [-0.3, -0.25) is 0 Å². The molecule has 10 aromatic rings. The van der Waals surface area contributed by atoms with Gasteiger partial charge in [0, 0.05) is 43.1 Å². The molecule has 0 radical (unpaired) electrons. The van der Waals surface area contributed by atoms with Gasteiger partial charge in [0.25, 0.3) is 0 Å². The van der Waals surface area contributed by atoms with E-state index in [1.54, 1.807) is 0 Å². The highest BCUT2D eigenvalue weighted by atomic mass is 32.1. The summed E-state index contributed by atoms with van der Waals surface area (Å²) in [4.78, 5) is 2.46. The van der Waals surface area contributed by atoms with Crippen LogP contribution in [0, 0.1) is 0 Å². The zero-order valence-electron chi connectivity index (χ0n) is 27.8. The summed E-state index contributed by atoms with van der Waals surface area (Å²) >= 11 is 1.87. The van der Waals surface area contributed by atoms with Gasteiger partial charge in [0.2, 0.25) is 0 Å². The van der Waals surface area contributed by atoms with Crippen LogP contribution in [-0.2, 0) is 0 Å². The van der Waals surface area contributed by atoms with Crippen LogP contribution in [0.15, 0.2) is 194 Å². The highest BCUT2D eigenvalue weighted by Gasteiger charge is 2.22. The van der Waals surface area contributed by atoms with Crippen LogP contribution in [0.1, 0.15) is 0 Å². The van der Waals surface area contributed by atoms with Gasteiger partial charge in [-0.2, -0.15) is 0 Å². The van der Waals surface area contributed by atoms with Crippen LogP contribution in [0.25, 0.3) is 69.9 Å². The molecule has 3 heteroatoms. The fourth-order valence-electron chi connectivity index (χ4n) is 7.75. The van der Waals surface area contributed by atoms with Crippen LogP contribution in [0.3, 0.4) is 0 Å². The molecule has 0 saturated carbocycles. The number of aromatic nitrogens is 1. The molecule has 8 aromatic carbocycles. The Morgan fingerprint density at radius 1 is 0.392 bits per heavy atom. The van der Waals surface area contributed by atoms with Gasteiger partial charge in [-0.15, -0.1) is 11.3 Å². The third-order valence-electron chi connectivity index (χ3n) is 9.99. The molecule has 0 unspecified atom stereocenters. The molecule has 0 fully saturated rings. The molecule has 240 valence electrons. The third-order valence-corrected chi connectivity index (χ3v) is 11.2. The molecule has 0 spiro atoms. The number of para-hydroxylation sites is 4. The molecule has 2 nitrogen and oxygen atoms in total. The van der Waals surface area contributed by atoms with Crippen molar-refractivity contribution >= 4 is 70.4 Å². The van der Waals surface area contributed by atoms with E-state index >= 15 is 0 Å². The van der Waals surface area contributed by atoms with Gasteiger partial charge in [0.05, 0.1) is 32.8 Å². The monoisotopic (exact) mass is 668 g/mol. The first-order valence-corrected chi connectivity index (χ1v) is 18.2. The summed E-state index contributed by atoms with van der Waals surface area (Å²) in [5.41, 5.74) is 11.7. The van der Waals surface area contributed by atoms with E-state index in [-0.39, 0.29) is 0 Å². The van der Waals surface area contributed by atoms with Crippen molar-refractivity contribution in [2.75, 3.05) is 4.90 Å². The van der Waals surface area contributed by atoms with Crippen LogP contribution in [0.5, 0.6) is 0 Å². The van der Waals surface area contributed by atoms with E-state index in [9.17, 15) is 0 Å². The lowest BCUT2D eigenvalue weighted by molar-refractivity contribution is 1.18. The van der Waals surface area contributed by atoms with E-state index < -0.39 is 0 Å². The lowest BCUT2D eigenvalue weighted by Gasteiger charge is -2.29. The van der Waals surface area contributed by atoms with E-state index in [1.165, 1.54) is 64.4 Å². The lowest BCUT2D eigenvalue weighted by Crippen LogP contribution is -2.11. The topological polar surface area (TPSA) is 8.17 Å². The van der Waals surface area contributed by atoms with Crippen molar-refractivity contribution in [1.29, 1.82) is 0 Å². The molecule has 0 N–H and O–H groups in total. The molecule has 0 aliphatic rings. The van der Waals surface area contributed by atoms with Crippen molar-refractivity contribution in [1.82, 2.24) is 4.57 Å². The number of thiophene rings is 1. The summed E-state index contributed by atoms with van der Waals surface area (Å²) in [6.45, 7) is 0. The number of hydrogen-bond acceptors (Lipinski definition) is 2. The Bertz CT molecular complexity index is 2830. The summed E-state index contributed by atoms with van der Waals surface area (Å²) in [5.74, 6) is 0. The maximum atomic E-state index is 2.46. The Labute approximate surface area is 300 Å². The van der Waals surface area contributed by atoms with Crippen molar-refractivity contribution in [3.63, 3.8) is 0 Å². The first-order chi connectivity index (χ1) is 25.3. The Morgan fingerprint density at radius 3 is 1.76 bits per heavy atom. The second kappa shape index (κ2) is 12.2. The average molecular weight is 669 g/mol. The maximum absolute atomic E-state index is 2.46. The highest BCUT2D eigenvalue weighted by Crippen LogP contribution is 2.48. The van der Waals surface area contributed by atoms with E-state index in [4.69, 9.17) is 0 Å². The van der Waals surface area contributed by atoms with E-state index in [2.05, 4.69) is 204 Å². The number of hydrogen-bond donors (Lipinski definition) is 0. The summed E-state index contributed by atoms with van der Waals surface area (Å²) in [5, 5.41) is 5.10. The summed E-state index contributed by atoms with van der Waals surface area (Å²) in [6, 6.07) is 70.4. The lowest BCUT2D eigenvalue weighted by atomic mass is 9.99. The molecular formula is C48H32N2S. The minimum Gasteiger partial charge on any atom is -0.309 e. The molecular weight excluding hydrogens is 637 g/mol. The number of nitrogens with zero attached hydrogens (tertiary/aromatic N) is 2. The van der Waals surface area contributed by atoms with Gasteiger partial charge in [-0.1, -0.05) is 146 Å². The predicted molar refractivity (Wildman–Crippen MR) is 219 cm³/mol. The highest BCUT2D eigenvalue weighted by molar-refractivity contribution is 7.26. The Hall–Kier alpha value is -6.42. The van der Waals surface area contributed by atoms with Crippen molar-refractivity contribution < 1.29 is 0 Å². The first kappa shape index (κ1) is 29.5. The maximum Gasteiger partial charge on any atom is 0.0640 e. The van der Waals surface area contributed by atoms with Crippen molar-refractivity contribution in [2.45, 2.75) is 0 Å². The summed E-state index contributed by atoms with van der Waals surface area (Å²) < 4.78 is 5.00. The standard InChI is InChI=1S/C48H32N2S/c1-2-16-33(17-3-1)36-20-4-9-26-42(36)49(46-30-15-25-41-40-24-8-13-31-47(40)51-48(41)46)35-19-14-18-34(32-35)37-21-5-10-27-43(37)50-44-28-11-6-22-38(44)39-23-7-12-29-45(39)50/h1-32H. The summed E-state index contributed by atoms with van der Waals surface area (Å²) in [6.07, 6.45) is 0. The molecule has 0 bridgehead atoms. The minimum absolute atomic E-state index is 1.11. The fraction of sp³-hybridized carbons (Fsp3) is 0. The smallest absolute Gasteiger partial charge is 0.0640 e. The van der Waals surface area contributed by atoms with Gasteiger partial charge < -0.3 is 9.47 Å². The van der Waals surface area contributed by atoms with Crippen LogP contribution >= 0.6 is 11.3 Å². The number of fused-ring (bicyclic) bond motifs is 6. The Balaban J connectivity index is 1.22. The predicted octanol–water partition coefficient (Wildman–Crippen LogP) is 14.0. The zero-order valence-corrected chi connectivity index (χ0v) is 28.6. The van der Waals surface area contributed by atoms with E-state index in [1.807, 2.05) is 11.3 Å². The van der Waals surface area contributed by atoms with Crippen LogP contribution in [0.4, 0.5) is 17.1 Å². The Kier molecular flexibility index (Phi) is 7.04. The van der Waals surface area contributed by atoms with Crippen LogP contribution < -0.4 is 4.90 Å². The van der Waals surface area contributed by atoms with Crippen molar-refractivity contribution in [3.05, 3.63) is 194 Å². The molecule has 2 heterocycles. The molecule has 10 rings (SSSR count). The first-order valence-electron chi connectivity index (χ1n) is 17.4.